The van der Waals surface area contributed by atoms with E-state index in [0.29, 0.717) is 0 Å². The van der Waals surface area contributed by atoms with Gasteiger partial charge in [-0.1, -0.05) is 103 Å². The molecule has 3 nitrogen and oxygen atoms in total. The van der Waals surface area contributed by atoms with Gasteiger partial charge in [-0.15, -0.1) is 0 Å². The Morgan fingerprint density at radius 3 is 1.98 bits per heavy atom. The summed E-state index contributed by atoms with van der Waals surface area (Å²) in [4.78, 5) is 2.36. The van der Waals surface area contributed by atoms with Crippen molar-refractivity contribution >= 4 is 77.1 Å². The van der Waals surface area contributed by atoms with E-state index < -0.39 is 0 Å². The minimum atomic E-state index is 0.887. The highest BCUT2D eigenvalue weighted by Gasteiger charge is 2.22. The average Bonchev–Trinajstić information content (AvgIpc) is 3.95. The lowest BCUT2D eigenvalue weighted by Crippen LogP contribution is -2.10. The van der Waals surface area contributed by atoms with Gasteiger partial charge < -0.3 is 13.7 Å². The normalized spacial score (nSPS) is 12.5. The SMILES string of the molecule is c1ccc2c(c1)Cc1ccc(N(c3ccc(-c4ccc5c(c4)c4cccc6c7ccccc7n5c64)cc3)c3ccc4c(c3)oc3ccccc34)cc1-2. The van der Waals surface area contributed by atoms with Crippen LogP contribution in [0.1, 0.15) is 11.1 Å². The number of fused-ring (bicyclic) bond motifs is 12. The van der Waals surface area contributed by atoms with Crippen LogP contribution in [0, 0.1) is 0 Å². The second-order valence-electron chi connectivity index (χ2n) is 14.1. The first-order chi connectivity index (χ1) is 25.8. The Morgan fingerprint density at radius 1 is 0.404 bits per heavy atom. The smallest absolute Gasteiger partial charge is 0.137 e. The summed E-state index contributed by atoms with van der Waals surface area (Å²) >= 11 is 0. The van der Waals surface area contributed by atoms with E-state index in [1.165, 1.54) is 71.5 Å². The van der Waals surface area contributed by atoms with Crippen molar-refractivity contribution in [2.45, 2.75) is 6.42 Å². The van der Waals surface area contributed by atoms with Crippen molar-refractivity contribution in [1.29, 1.82) is 0 Å². The molecule has 0 bridgehead atoms. The maximum Gasteiger partial charge on any atom is 0.137 e. The first-order valence-corrected chi connectivity index (χ1v) is 18.0. The highest BCUT2D eigenvalue weighted by atomic mass is 16.3. The Hall–Kier alpha value is -6.84. The molecule has 0 atom stereocenters. The molecular weight excluding hydrogens is 633 g/mol. The van der Waals surface area contributed by atoms with Gasteiger partial charge in [0.2, 0.25) is 0 Å². The van der Waals surface area contributed by atoms with Gasteiger partial charge in [-0.2, -0.15) is 0 Å². The Bertz CT molecular complexity index is 3220. The Morgan fingerprint density at radius 2 is 1.06 bits per heavy atom. The lowest BCUT2D eigenvalue weighted by Gasteiger charge is -2.26. The van der Waals surface area contributed by atoms with Gasteiger partial charge in [0.25, 0.3) is 0 Å². The zero-order chi connectivity index (χ0) is 33.9. The van der Waals surface area contributed by atoms with Gasteiger partial charge in [-0.25, -0.2) is 0 Å². The monoisotopic (exact) mass is 662 g/mol. The highest BCUT2D eigenvalue weighted by molar-refractivity contribution is 6.23. The van der Waals surface area contributed by atoms with E-state index >= 15 is 0 Å². The minimum absolute atomic E-state index is 0.887. The molecule has 3 aromatic heterocycles. The Labute approximate surface area is 299 Å². The Kier molecular flexibility index (Phi) is 5.56. The summed E-state index contributed by atoms with van der Waals surface area (Å²) in [5.74, 6) is 0. The third-order valence-corrected chi connectivity index (χ3v) is 11.3. The summed E-state index contributed by atoms with van der Waals surface area (Å²) in [6.45, 7) is 0. The summed E-state index contributed by atoms with van der Waals surface area (Å²) in [5.41, 5.74) is 16.7. The molecule has 1 aliphatic carbocycles. The minimum Gasteiger partial charge on any atom is -0.456 e. The third kappa shape index (κ3) is 3.85. The number of rotatable bonds is 4. The van der Waals surface area contributed by atoms with E-state index in [0.717, 1.165) is 45.4 Å². The molecule has 11 aromatic rings. The van der Waals surface area contributed by atoms with E-state index in [2.05, 4.69) is 167 Å². The number of hydrogen-bond donors (Lipinski definition) is 0. The number of hydrogen-bond acceptors (Lipinski definition) is 2. The van der Waals surface area contributed by atoms with Crippen LogP contribution in [0.15, 0.2) is 174 Å². The quantitative estimate of drug-likeness (QED) is 0.187. The molecule has 242 valence electrons. The van der Waals surface area contributed by atoms with Gasteiger partial charge in [-0.3, -0.25) is 0 Å². The molecule has 0 saturated heterocycles. The van der Waals surface area contributed by atoms with E-state index in [1.54, 1.807) is 0 Å². The summed E-state index contributed by atoms with van der Waals surface area (Å²) in [5, 5.41) is 7.47. The lowest BCUT2D eigenvalue weighted by atomic mass is 10.0. The van der Waals surface area contributed by atoms with Crippen LogP contribution in [0.3, 0.4) is 0 Å². The average molecular weight is 663 g/mol. The Balaban J connectivity index is 0.997. The van der Waals surface area contributed by atoms with Gasteiger partial charge in [0.1, 0.15) is 11.2 Å². The van der Waals surface area contributed by atoms with Crippen LogP contribution in [-0.2, 0) is 6.42 Å². The van der Waals surface area contributed by atoms with Crippen LogP contribution in [0.4, 0.5) is 17.1 Å². The van der Waals surface area contributed by atoms with Gasteiger partial charge >= 0.3 is 0 Å². The molecule has 3 heterocycles. The van der Waals surface area contributed by atoms with Crippen LogP contribution >= 0.6 is 0 Å². The molecule has 0 radical (unpaired) electrons. The maximum atomic E-state index is 6.38. The van der Waals surface area contributed by atoms with Crippen LogP contribution in [0.5, 0.6) is 0 Å². The molecule has 0 spiro atoms. The standard InChI is InChI=1S/C49H30N2O/c1-2-9-37-32(8-1)26-33-18-22-35(28-43(33)37)50(36-23-24-40-39-11-4-6-15-47(39)52-48(40)29-36)34-20-16-30(17-21-34)31-19-25-46-44(27-31)42-13-7-12-41-38-10-3-5-14-45(38)51(46)49(41)42/h1-25,27-29H,26H2. The van der Waals surface area contributed by atoms with Gasteiger partial charge in [0.05, 0.1) is 16.6 Å². The van der Waals surface area contributed by atoms with E-state index in [-0.39, 0.29) is 0 Å². The molecular formula is C49H30N2O. The zero-order valence-corrected chi connectivity index (χ0v) is 28.2. The fraction of sp³-hybridized carbons (Fsp3) is 0.0204. The number of anilines is 3. The fourth-order valence-corrected chi connectivity index (χ4v) is 8.97. The largest absolute Gasteiger partial charge is 0.456 e. The van der Waals surface area contributed by atoms with Crippen molar-refractivity contribution < 1.29 is 4.42 Å². The summed E-state index contributed by atoms with van der Waals surface area (Å²) in [6.07, 6.45) is 0.974. The first-order valence-electron chi connectivity index (χ1n) is 18.0. The number of benzene rings is 8. The van der Waals surface area contributed by atoms with Crippen LogP contribution in [-0.4, -0.2) is 4.40 Å². The number of furan rings is 1. The molecule has 1 aliphatic rings. The van der Waals surface area contributed by atoms with Crippen molar-refractivity contribution in [3.05, 3.63) is 181 Å². The molecule has 0 amide bonds. The summed E-state index contributed by atoms with van der Waals surface area (Å²) in [7, 11) is 0. The van der Waals surface area contributed by atoms with Gasteiger partial charge in [-0.05, 0) is 100 Å². The second kappa shape index (κ2) is 10.3. The maximum absolute atomic E-state index is 6.38. The zero-order valence-electron chi connectivity index (χ0n) is 28.2. The van der Waals surface area contributed by atoms with Crippen LogP contribution in [0.25, 0.3) is 82.3 Å². The van der Waals surface area contributed by atoms with Crippen molar-refractivity contribution in [1.82, 2.24) is 4.40 Å². The molecule has 0 unspecified atom stereocenters. The third-order valence-electron chi connectivity index (χ3n) is 11.3. The molecule has 12 rings (SSSR count). The molecule has 3 heteroatoms. The van der Waals surface area contributed by atoms with Crippen molar-refractivity contribution in [3.63, 3.8) is 0 Å². The lowest BCUT2D eigenvalue weighted by molar-refractivity contribution is 0.669. The van der Waals surface area contributed by atoms with E-state index in [1.807, 2.05) is 12.1 Å². The first kappa shape index (κ1) is 27.9. The van der Waals surface area contributed by atoms with Crippen molar-refractivity contribution in [2.24, 2.45) is 0 Å². The summed E-state index contributed by atoms with van der Waals surface area (Å²) in [6, 6.07) is 62.0. The van der Waals surface area contributed by atoms with E-state index in [9.17, 15) is 0 Å². The van der Waals surface area contributed by atoms with E-state index in [4.69, 9.17) is 4.42 Å². The molecule has 8 aromatic carbocycles. The number of aromatic nitrogens is 1. The number of para-hydroxylation sites is 3. The number of nitrogens with zero attached hydrogens (tertiary/aromatic N) is 2. The molecule has 0 saturated carbocycles. The van der Waals surface area contributed by atoms with Crippen LogP contribution in [0.2, 0.25) is 0 Å². The highest BCUT2D eigenvalue weighted by Crippen LogP contribution is 2.45. The molecule has 0 aliphatic heterocycles. The topological polar surface area (TPSA) is 20.8 Å². The predicted octanol–water partition coefficient (Wildman–Crippen LogP) is 13.4. The molecule has 52 heavy (non-hydrogen) atoms. The molecule has 0 fully saturated rings. The summed E-state index contributed by atoms with van der Waals surface area (Å²) < 4.78 is 8.82. The second-order valence-corrected chi connectivity index (χ2v) is 14.1. The van der Waals surface area contributed by atoms with Gasteiger partial charge in [0, 0.05) is 55.4 Å². The fourth-order valence-electron chi connectivity index (χ4n) is 8.97. The van der Waals surface area contributed by atoms with Gasteiger partial charge in [0.15, 0.2) is 0 Å². The predicted molar refractivity (Wildman–Crippen MR) is 217 cm³/mol. The van der Waals surface area contributed by atoms with Crippen LogP contribution < -0.4 is 4.90 Å². The van der Waals surface area contributed by atoms with Crippen molar-refractivity contribution in [2.75, 3.05) is 4.90 Å². The molecule has 0 N–H and O–H groups in total. The van der Waals surface area contributed by atoms with Crippen molar-refractivity contribution in [3.8, 4) is 22.3 Å².